The first-order valence-electron chi connectivity index (χ1n) is 17.6. The Morgan fingerprint density at radius 2 is 0.900 bits per heavy atom. The molecule has 2 aliphatic rings. The highest BCUT2D eigenvalue weighted by Gasteiger charge is 2.36. The second-order valence-electron chi connectivity index (χ2n) is 14.9. The molecule has 0 aromatic heterocycles. The molecular formula is C49H38S. The summed E-state index contributed by atoms with van der Waals surface area (Å²) in [7, 11) is -1.18. The van der Waals surface area contributed by atoms with Gasteiger partial charge in [-0.2, -0.15) is 10.0 Å². The number of benzene rings is 8. The third kappa shape index (κ3) is 4.08. The Labute approximate surface area is 296 Å². The van der Waals surface area contributed by atoms with E-state index in [9.17, 15) is 0 Å². The van der Waals surface area contributed by atoms with Gasteiger partial charge in [0.1, 0.15) is 0 Å². The Balaban J connectivity index is 1.30. The van der Waals surface area contributed by atoms with Crippen molar-refractivity contribution in [3.8, 4) is 55.6 Å². The Bertz CT molecular complexity index is 2680. The lowest BCUT2D eigenvalue weighted by Gasteiger charge is -2.29. The van der Waals surface area contributed by atoms with E-state index in [0.29, 0.717) is 0 Å². The van der Waals surface area contributed by atoms with Crippen LogP contribution >= 0.6 is 10.0 Å². The monoisotopic (exact) mass is 658 g/mol. The predicted molar refractivity (Wildman–Crippen MR) is 217 cm³/mol. The van der Waals surface area contributed by atoms with Crippen molar-refractivity contribution in [2.24, 2.45) is 0 Å². The fraction of sp³-hybridized carbons (Fsp3) is 0.102. The molecule has 0 saturated heterocycles. The molecule has 1 heterocycles. The molecule has 0 nitrogen and oxygen atoms in total. The van der Waals surface area contributed by atoms with Crippen LogP contribution in [-0.2, 0) is 5.41 Å². The molecule has 1 heteroatoms. The van der Waals surface area contributed by atoms with Crippen LogP contribution in [0.5, 0.6) is 0 Å². The highest BCUT2D eigenvalue weighted by molar-refractivity contribution is 8.33. The molecule has 0 N–H and O–H groups in total. The lowest BCUT2D eigenvalue weighted by Crippen LogP contribution is -2.14. The van der Waals surface area contributed by atoms with Crippen LogP contribution < -0.4 is 0 Å². The highest BCUT2D eigenvalue weighted by atomic mass is 32.3. The van der Waals surface area contributed by atoms with Gasteiger partial charge in [-0.05, 0) is 131 Å². The van der Waals surface area contributed by atoms with Crippen LogP contribution in [0.15, 0.2) is 168 Å². The van der Waals surface area contributed by atoms with Gasteiger partial charge in [0.2, 0.25) is 0 Å². The van der Waals surface area contributed by atoms with Crippen LogP contribution in [0.3, 0.4) is 0 Å². The van der Waals surface area contributed by atoms with Gasteiger partial charge in [-0.15, -0.1) is 0 Å². The summed E-state index contributed by atoms with van der Waals surface area (Å²) >= 11 is 0. The quantitative estimate of drug-likeness (QED) is 0.166. The minimum Gasteiger partial charge on any atom is -0.192 e. The van der Waals surface area contributed by atoms with Gasteiger partial charge in [0.05, 0.1) is 0 Å². The number of hydrogen-bond acceptors (Lipinski definition) is 0. The zero-order valence-electron chi connectivity index (χ0n) is 28.9. The molecule has 1 aliphatic carbocycles. The Kier molecular flexibility index (Phi) is 6.24. The van der Waals surface area contributed by atoms with Crippen molar-refractivity contribution in [2.75, 3.05) is 12.5 Å². The van der Waals surface area contributed by atoms with E-state index in [-0.39, 0.29) is 5.41 Å². The van der Waals surface area contributed by atoms with E-state index in [1.54, 1.807) is 0 Å². The number of fused-ring (bicyclic) bond motifs is 8. The highest BCUT2D eigenvalue weighted by Crippen LogP contribution is 2.68. The molecule has 0 bridgehead atoms. The average Bonchev–Trinajstić information content (AvgIpc) is 3.52. The fourth-order valence-corrected chi connectivity index (χ4v) is 11.5. The summed E-state index contributed by atoms with van der Waals surface area (Å²) in [5.41, 5.74) is 15.9. The number of hydrogen-bond donors (Lipinski definition) is 0. The predicted octanol–water partition coefficient (Wildman–Crippen LogP) is 13.8. The van der Waals surface area contributed by atoms with Gasteiger partial charge in [0, 0.05) is 15.2 Å². The van der Waals surface area contributed by atoms with Crippen LogP contribution in [0.1, 0.15) is 25.0 Å². The maximum absolute atomic E-state index is 2.57. The minimum absolute atomic E-state index is 0.0439. The molecule has 10 rings (SSSR count). The van der Waals surface area contributed by atoms with Crippen molar-refractivity contribution < 1.29 is 0 Å². The van der Waals surface area contributed by atoms with E-state index in [2.05, 4.69) is 184 Å². The summed E-state index contributed by atoms with van der Waals surface area (Å²) < 4.78 is 0. The molecule has 0 fully saturated rings. The molecule has 0 saturated carbocycles. The molecule has 0 amide bonds. The molecule has 8 aromatic rings. The van der Waals surface area contributed by atoms with Gasteiger partial charge in [-0.3, -0.25) is 0 Å². The normalized spacial score (nSPS) is 15.4. The maximum Gasteiger partial charge on any atom is 0.0159 e. The Hall–Kier alpha value is -5.37. The van der Waals surface area contributed by atoms with Gasteiger partial charge in [0.25, 0.3) is 0 Å². The molecular weight excluding hydrogens is 621 g/mol. The molecule has 0 atom stereocenters. The lowest BCUT2D eigenvalue weighted by molar-refractivity contribution is 0.660. The van der Waals surface area contributed by atoms with Crippen LogP contribution in [0, 0.1) is 0 Å². The topological polar surface area (TPSA) is 0 Å². The van der Waals surface area contributed by atoms with Gasteiger partial charge >= 0.3 is 0 Å². The van der Waals surface area contributed by atoms with Crippen molar-refractivity contribution in [3.05, 3.63) is 169 Å². The summed E-state index contributed by atoms with van der Waals surface area (Å²) in [5, 5.41) is 5.24. The van der Waals surface area contributed by atoms with E-state index >= 15 is 0 Å². The summed E-state index contributed by atoms with van der Waals surface area (Å²) in [5.74, 6) is 0. The fourth-order valence-electron chi connectivity index (χ4n) is 9.03. The zero-order chi connectivity index (χ0) is 33.8. The first-order valence-corrected chi connectivity index (χ1v) is 20.0. The van der Waals surface area contributed by atoms with Crippen molar-refractivity contribution in [2.45, 2.75) is 29.1 Å². The van der Waals surface area contributed by atoms with E-state index in [1.165, 1.54) is 98.1 Å². The van der Waals surface area contributed by atoms with E-state index in [0.717, 1.165) is 0 Å². The number of rotatable bonds is 3. The van der Waals surface area contributed by atoms with Gasteiger partial charge in [-0.1, -0.05) is 141 Å². The van der Waals surface area contributed by atoms with Crippen LogP contribution in [0.25, 0.3) is 77.2 Å². The Morgan fingerprint density at radius 1 is 0.360 bits per heavy atom. The smallest absolute Gasteiger partial charge is 0.0159 e. The van der Waals surface area contributed by atoms with Crippen LogP contribution in [0.2, 0.25) is 0 Å². The largest absolute Gasteiger partial charge is 0.192 e. The van der Waals surface area contributed by atoms with E-state index in [4.69, 9.17) is 0 Å². The van der Waals surface area contributed by atoms with Crippen molar-refractivity contribution >= 4 is 31.6 Å². The summed E-state index contributed by atoms with van der Waals surface area (Å²) in [6, 6.07) is 59.5. The molecule has 240 valence electrons. The van der Waals surface area contributed by atoms with E-state index in [1.807, 2.05) is 0 Å². The molecule has 0 radical (unpaired) electrons. The maximum atomic E-state index is 2.57. The van der Waals surface area contributed by atoms with Crippen molar-refractivity contribution in [3.63, 3.8) is 0 Å². The third-order valence-electron chi connectivity index (χ3n) is 11.5. The minimum atomic E-state index is -1.18. The molecule has 50 heavy (non-hydrogen) atoms. The molecule has 8 aromatic carbocycles. The second kappa shape index (κ2) is 10.6. The van der Waals surface area contributed by atoms with Gasteiger partial charge in [0.15, 0.2) is 0 Å². The first-order chi connectivity index (χ1) is 24.3. The lowest BCUT2D eigenvalue weighted by atomic mass is 9.81. The van der Waals surface area contributed by atoms with Crippen LogP contribution in [0.4, 0.5) is 0 Å². The Morgan fingerprint density at radius 3 is 1.64 bits per heavy atom. The van der Waals surface area contributed by atoms with Crippen molar-refractivity contribution in [1.29, 1.82) is 0 Å². The van der Waals surface area contributed by atoms with Crippen molar-refractivity contribution in [1.82, 2.24) is 0 Å². The second-order valence-corrected chi connectivity index (χ2v) is 18.4. The molecule has 0 unspecified atom stereocenters. The zero-order valence-corrected chi connectivity index (χ0v) is 29.7. The van der Waals surface area contributed by atoms with Gasteiger partial charge < -0.3 is 0 Å². The average molecular weight is 659 g/mol. The SMILES string of the molecule is CC1(C)c2ccccc2-c2ccc(-c3ccc4c(-c5ccccc5)c5cc6c(cc5c(-c5ccccc5)c4c3)S(C)(C)c3ccccc3-6)cc21. The standard InChI is InChI=1S/C49H38S/c1-49(2)43-21-13-11-19-35(43)36-25-23-34(28-44(36)49)33-24-26-38-40(27-33)48(32-17-9-6-10-18-32)42-30-46-39(37-20-12-14-22-45(37)50(46,3)4)29-41(42)47(38)31-15-7-5-8-16-31/h5-30H,1-4H3. The van der Waals surface area contributed by atoms with Gasteiger partial charge in [-0.25, -0.2) is 0 Å². The van der Waals surface area contributed by atoms with E-state index < -0.39 is 10.0 Å². The summed E-state index contributed by atoms with van der Waals surface area (Å²) in [6.45, 7) is 4.74. The first kappa shape index (κ1) is 29.5. The summed E-state index contributed by atoms with van der Waals surface area (Å²) in [4.78, 5) is 2.97. The van der Waals surface area contributed by atoms with Crippen LogP contribution in [-0.4, -0.2) is 12.5 Å². The third-order valence-corrected chi connectivity index (χ3v) is 14.4. The molecule has 0 spiro atoms. The molecule has 1 aliphatic heterocycles. The summed E-state index contributed by atoms with van der Waals surface area (Å²) in [6.07, 6.45) is 4.94.